The van der Waals surface area contributed by atoms with Crippen LogP contribution in [0.4, 0.5) is 11.4 Å². The number of aryl methyl sites for hydroxylation is 2. The minimum Gasteiger partial charge on any atom is -0.466 e. The summed E-state index contributed by atoms with van der Waals surface area (Å²) in [6, 6.07) is 19.8. The van der Waals surface area contributed by atoms with Gasteiger partial charge >= 0.3 is 11.9 Å². The number of hydrogen-bond acceptors (Lipinski definition) is 9. The van der Waals surface area contributed by atoms with Gasteiger partial charge in [-0.15, -0.1) is 0 Å². The molecule has 0 radical (unpaired) electrons. The van der Waals surface area contributed by atoms with E-state index in [1.165, 1.54) is 18.2 Å². The van der Waals surface area contributed by atoms with E-state index in [0.717, 1.165) is 24.7 Å². The maximum atomic E-state index is 13.9. The highest BCUT2D eigenvalue weighted by Crippen LogP contribution is 2.45. The highest BCUT2D eigenvalue weighted by molar-refractivity contribution is 7.93. The van der Waals surface area contributed by atoms with Gasteiger partial charge in [0.05, 0.1) is 53.8 Å². The van der Waals surface area contributed by atoms with E-state index in [-0.39, 0.29) is 27.7 Å². The van der Waals surface area contributed by atoms with Gasteiger partial charge in [0.2, 0.25) is 0 Å². The first-order valence-electron chi connectivity index (χ1n) is 12.5. The van der Waals surface area contributed by atoms with Crippen LogP contribution in [0.2, 0.25) is 5.02 Å². The van der Waals surface area contributed by atoms with Crippen molar-refractivity contribution in [1.82, 2.24) is 0 Å². The fourth-order valence-electron chi connectivity index (χ4n) is 4.83. The molecule has 1 heterocycles. The van der Waals surface area contributed by atoms with Gasteiger partial charge in [-0.2, -0.15) is 5.26 Å². The number of rotatable bonds is 7. The van der Waals surface area contributed by atoms with E-state index in [0.29, 0.717) is 16.8 Å². The summed E-state index contributed by atoms with van der Waals surface area (Å²) in [5, 5.41) is 10.1. The molecule has 4 rings (SSSR count). The number of nitriles is 1. The fraction of sp³-hybridized carbons (Fsp3) is 0.167. The summed E-state index contributed by atoms with van der Waals surface area (Å²) in [7, 11) is -2.23. The predicted molar refractivity (Wildman–Crippen MR) is 158 cm³/mol. The van der Waals surface area contributed by atoms with Gasteiger partial charge in [0.25, 0.3) is 10.0 Å². The molecule has 12 heteroatoms. The maximum Gasteiger partial charge on any atom is 0.355 e. The Morgan fingerprint density at radius 3 is 2.26 bits per heavy atom. The van der Waals surface area contributed by atoms with Crippen LogP contribution in [0, 0.1) is 25.2 Å². The minimum atomic E-state index is -4.45. The van der Waals surface area contributed by atoms with Gasteiger partial charge in [-0.25, -0.2) is 18.0 Å². The zero-order chi connectivity index (χ0) is 30.8. The number of hydrogen-bond donors (Lipinski definition) is 2. The lowest BCUT2D eigenvalue weighted by Crippen LogP contribution is -2.41. The Morgan fingerprint density at radius 2 is 1.67 bits per heavy atom. The summed E-state index contributed by atoms with van der Waals surface area (Å²) in [6.45, 7) is 3.62. The van der Waals surface area contributed by atoms with Gasteiger partial charge in [-0.3, -0.25) is 9.62 Å². The average Bonchev–Trinajstić information content (AvgIpc) is 2.97. The van der Waals surface area contributed by atoms with Crippen LogP contribution in [0.15, 0.2) is 94.3 Å². The van der Waals surface area contributed by atoms with Gasteiger partial charge in [-0.1, -0.05) is 65.7 Å². The molecule has 0 amide bonds. The number of methoxy groups -OCH3 is 2. The van der Waals surface area contributed by atoms with Crippen LogP contribution < -0.4 is 15.4 Å². The quantitative estimate of drug-likeness (QED) is 0.366. The smallest absolute Gasteiger partial charge is 0.355 e. The lowest BCUT2D eigenvalue weighted by atomic mass is 9.81. The molecular formula is C30H27ClN4O6S. The number of carbonyl (C=O) groups excluding carboxylic acids is 2. The molecule has 10 nitrogen and oxygen atoms in total. The normalized spacial score (nSPS) is 15.2. The second-order valence-electron chi connectivity index (χ2n) is 9.35. The number of halogens is 1. The van der Waals surface area contributed by atoms with Crippen LogP contribution in [-0.2, 0) is 29.1 Å². The zero-order valence-electron chi connectivity index (χ0n) is 23.1. The second kappa shape index (κ2) is 12.0. The Morgan fingerprint density at radius 1 is 1.00 bits per heavy atom. The number of allylic oxidation sites excluding steroid dienone is 1. The standard InChI is InChI=1S/C30H27ClN4O6S/c1-17-13-14-22(18(2)15-17)34-42(38,39)27-21(31)11-8-12-23(27)35-26(30(37)41-4)25(29(36)40-3)24(20(16-32)28(35)33)19-9-6-5-7-10-19/h5-15,24,34H,33H2,1-4H3. The molecule has 3 aromatic carbocycles. The Balaban J connectivity index is 2.06. The Hall–Kier alpha value is -4.79. The number of nitrogens with zero attached hydrogens (tertiary/aromatic N) is 2. The molecule has 1 atom stereocenters. The molecule has 0 aliphatic carbocycles. The third-order valence-electron chi connectivity index (χ3n) is 6.69. The van der Waals surface area contributed by atoms with Gasteiger partial charge in [-0.05, 0) is 43.2 Å². The molecule has 0 saturated heterocycles. The summed E-state index contributed by atoms with van der Waals surface area (Å²) < 4.78 is 40.5. The molecule has 1 unspecified atom stereocenters. The first-order chi connectivity index (χ1) is 20.0. The van der Waals surface area contributed by atoms with Crippen LogP contribution in [0.1, 0.15) is 22.6 Å². The van der Waals surface area contributed by atoms with Crippen molar-refractivity contribution < 1.29 is 27.5 Å². The highest BCUT2D eigenvalue weighted by atomic mass is 35.5. The number of sulfonamides is 1. The van der Waals surface area contributed by atoms with Gasteiger partial charge < -0.3 is 15.2 Å². The Labute approximate surface area is 248 Å². The first kappa shape index (κ1) is 30.2. The number of benzene rings is 3. The number of anilines is 2. The van der Waals surface area contributed by atoms with Crippen molar-refractivity contribution in [3.05, 3.63) is 111 Å². The zero-order valence-corrected chi connectivity index (χ0v) is 24.7. The maximum absolute atomic E-state index is 13.9. The van der Waals surface area contributed by atoms with Gasteiger partial charge in [0, 0.05) is 0 Å². The summed E-state index contributed by atoms with van der Waals surface area (Å²) in [4.78, 5) is 27.3. The van der Waals surface area contributed by atoms with Crippen LogP contribution in [0.3, 0.4) is 0 Å². The highest BCUT2D eigenvalue weighted by Gasteiger charge is 2.44. The fourth-order valence-corrected chi connectivity index (χ4v) is 6.68. The lowest BCUT2D eigenvalue weighted by Gasteiger charge is -2.36. The van der Waals surface area contributed by atoms with Crippen molar-refractivity contribution in [3.63, 3.8) is 0 Å². The molecule has 42 heavy (non-hydrogen) atoms. The van der Waals surface area contributed by atoms with Crippen molar-refractivity contribution in [2.75, 3.05) is 23.8 Å². The van der Waals surface area contributed by atoms with Crippen LogP contribution >= 0.6 is 11.6 Å². The van der Waals surface area contributed by atoms with E-state index in [1.807, 2.05) is 13.0 Å². The van der Waals surface area contributed by atoms with Gasteiger partial charge in [0.15, 0.2) is 0 Å². The molecule has 0 bridgehead atoms. The molecule has 1 aliphatic heterocycles. The molecule has 0 spiro atoms. The van der Waals surface area contributed by atoms with Crippen molar-refractivity contribution in [3.8, 4) is 6.07 Å². The lowest BCUT2D eigenvalue weighted by molar-refractivity contribution is -0.139. The molecule has 3 aromatic rings. The first-order valence-corrected chi connectivity index (χ1v) is 14.4. The number of carbonyl (C=O) groups is 2. The molecule has 216 valence electrons. The van der Waals surface area contributed by atoms with E-state index < -0.39 is 38.5 Å². The third-order valence-corrected chi connectivity index (χ3v) is 8.57. The summed E-state index contributed by atoms with van der Waals surface area (Å²) in [6.07, 6.45) is 0. The number of ether oxygens (including phenoxy) is 2. The SMILES string of the molecule is COC(=O)C1=C(C(=O)OC)N(c2cccc(Cl)c2S(=O)(=O)Nc2ccc(C)cc2C)C(N)=C(C#N)C1c1ccccc1. The Bertz CT molecular complexity index is 1800. The molecule has 1 aliphatic rings. The minimum absolute atomic E-state index is 0.125. The molecule has 3 N–H and O–H groups in total. The summed E-state index contributed by atoms with van der Waals surface area (Å²) in [5.74, 6) is -3.40. The summed E-state index contributed by atoms with van der Waals surface area (Å²) >= 11 is 6.50. The van der Waals surface area contributed by atoms with Crippen molar-refractivity contribution in [1.29, 1.82) is 5.26 Å². The summed E-state index contributed by atoms with van der Waals surface area (Å²) in [5.41, 5.74) is 7.90. The molecule has 0 fully saturated rings. The van der Waals surface area contributed by atoms with Crippen molar-refractivity contribution >= 4 is 44.9 Å². The Kier molecular flexibility index (Phi) is 8.61. The average molecular weight is 607 g/mol. The van der Waals surface area contributed by atoms with Crippen LogP contribution in [0.25, 0.3) is 0 Å². The van der Waals surface area contributed by atoms with Crippen LogP contribution in [-0.4, -0.2) is 34.6 Å². The van der Waals surface area contributed by atoms with Gasteiger partial charge in [0.1, 0.15) is 16.4 Å². The molecule has 0 aromatic heterocycles. The topological polar surface area (TPSA) is 152 Å². The molecular weight excluding hydrogens is 580 g/mol. The third kappa shape index (κ3) is 5.42. The van der Waals surface area contributed by atoms with Crippen molar-refractivity contribution in [2.45, 2.75) is 24.7 Å². The number of esters is 2. The van der Waals surface area contributed by atoms with E-state index in [9.17, 15) is 23.3 Å². The van der Waals surface area contributed by atoms with Crippen LogP contribution in [0.5, 0.6) is 0 Å². The van der Waals surface area contributed by atoms with E-state index in [2.05, 4.69) is 4.72 Å². The molecule has 0 saturated carbocycles. The number of nitrogens with two attached hydrogens (primary N) is 1. The van der Waals surface area contributed by atoms with E-state index >= 15 is 0 Å². The second-order valence-corrected chi connectivity index (χ2v) is 11.4. The van der Waals surface area contributed by atoms with E-state index in [1.54, 1.807) is 55.5 Å². The van der Waals surface area contributed by atoms with Crippen molar-refractivity contribution in [2.24, 2.45) is 5.73 Å². The predicted octanol–water partition coefficient (Wildman–Crippen LogP) is 4.66. The van der Waals surface area contributed by atoms with E-state index in [4.69, 9.17) is 26.8 Å². The number of nitrogens with one attached hydrogen (secondary N) is 1. The monoisotopic (exact) mass is 606 g/mol. The largest absolute Gasteiger partial charge is 0.466 e.